The van der Waals surface area contributed by atoms with Gasteiger partial charge in [-0.2, -0.15) is 0 Å². The highest BCUT2D eigenvalue weighted by Crippen LogP contribution is 2.11. The van der Waals surface area contributed by atoms with Crippen molar-refractivity contribution in [1.82, 2.24) is 12.3 Å². The Balaban J connectivity index is -0.0000000267. The molecule has 0 bridgehead atoms. The van der Waals surface area contributed by atoms with Crippen molar-refractivity contribution in [2.24, 2.45) is 0 Å². The molecule has 0 aliphatic carbocycles. The molecule has 0 aliphatic heterocycles. The largest absolute Gasteiger partial charge is 0.790 e. The highest BCUT2D eigenvalue weighted by atomic mass is 31.2. The average molecular weight is 150 g/mol. The summed E-state index contributed by atoms with van der Waals surface area (Å²) in [5.74, 6) is 0. The number of hydrogen-bond donors (Lipinski definition) is 3. The Morgan fingerprint density at radius 2 is 1.25 bits per heavy atom. The maximum absolute atomic E-state index is 8.66. The van der Waals surface area contributed by atoms with Crippen LogP contribution in [-0.2, 0) is 4.57 Å². The van der Waals surface area contributed by atoms with Crippen molar-refractivity contribution < 1.29 is 24.7 Å². The van der Waals surface area contributed by atoms with Crippen LogP contribution in [0.1, 0.15) is 0 Å². The van der Waals surface area contributed by atoms with Gasteiger partial charge < -0.3 is 37.0 Å². The van der Waals surface area contributed by atoms with E-state index in [1.54, 1.807) is 0 Å². The van der Waals surface area contributed by atoms with Crippen LogP contribution in [0.4, 0.5) is 0 Å². The summed E-state index contributed by atoms with van der Waals surface area (Å²) in [5.41, 5.74) is 0. The smallest absolute Gasteiger partial charge is 0.0557 e. The second-order valence-corrected chi connectivity index (χ2v) is 1.41. The van der Waals surface area contributed by atoms with Crippen molar-refractivity contribution in [2.45, 2.75) is 0 Å². The summed E-state index contributed by atoms with van der Waals surface area (Å²) in [5, 5.41) is 0. The van der Waals surface area contributed by atoms with E-state index in [9.17, 15) is 0 Å². The maximum Gasteiger partial charge on any atom is 0.0557 e. The summed E-state index contributed by atoms with van der Waals surface area (Å²) in [6.45, 7) is 0. The summed E-state index contributed by atoms with van der Waals surface area (Å²) in [7, 11) is -5.14. The monoisotopic (exact) mass is 150 g/mol. The van der Waals surface area contributed by atoms with Gasteiger partial charge in [-0.05, 0) is 0 Å². The van der Waals surface area contributed by atoms with Crippen molar-refractivity contribution >= 4 is 7.82 Å². The van der Waals surface area contributed by atoms with Gasteiger partial charge in [0.05, 0.1) is 7.82 Å². The SMILES string of the molecule is O.O=P([O-])([O-])O.[NH4+].[NH4+]. The van der Waals surface area contributed by atoms with Crippen LogP contribution in [0, 0.1) is 0 Å². The Labute approximate surface area is 46.1 Å². The molecule has 0 aromatic rings. The lowest BCUT2D eigenvalue weighted by Gasteiger charge is -2.19. The molecule has 8 heteroatoms. The Kier molecular flexibility index (Phi) is 21.4. The molecule has 0 saturated heterocycles. The van der Waals surface area contributed by atoms with Gasteiger partial charge in [0.1, 0.15) is 0 Å². The van der Waals surface area contributed by atoms with Gasteiger partial charge in [0.25, 0.3) is 0 Å². The van der Waals surface area contributed by atoms with Crippen molar-refractivity contribution in [1.29, 1.82) is 0 Å². The van der Waals surface area contributed by atoms with Crippen LogP contribution in [0.3, 0.4) is 0 Å². The van der Waals surface area contributed by atoms with E-state index in [4.69, 9.17) is 19.2 Å². The second-order valence-electron chi connectivity index (χ2n) is 0.469. The van der Waals surface area contributed by atoms with Gasteiger partial charge in [0, 0.05) is 0 Å². The minimum absolute atomic E-state index is 0. The van der Waals surface area contributed by atoms with E-state index in [2.05, 4.69) is 0 Å². The lowest BCUT2D eigenvalue weighted by Crippen LogP contribution is -2.11. The molecule has 0 rings (SSSR count). The fourth-order valence-electron chi connectivity index (χ4n) is 0. The zero-order valence-electron chi connectivity index (χ0n) is 4.62. The van der Waals surface area contributed by atoms with Gasteiger partial charge in [-0.25, -0.2) is 0 Å². The quantitative estimate of drug-likeness (QED) is 0.328. The Morgan fingerprint density at radius 1 is 1.25 bits per heavy atom. The van der Waals surface area contributed by atoms with Crippen molar-refractivity contribution in [2.75, 3.05) is 0 Å². The Hall–Kier alpha value is -0.0100. The summed E-state index contributed by atoms with van der Waals surface area (Å²) < 4.78 is 8.66. The first-order chi connectivity index (χ1) is 2.00. The van der Waals surface area contributed by atoms with Gasteiger partial charge in [0.2, 0.25) is 0 Å². The third-order valence-electron chi connectivity index (χ3n) is 0. The number of quaternary nitrogens is 2. The molecular weight excluding hydrogens is 139 g/mol. The molecule has 0 aliphatic rings. The topological polar surface area (TPSA) is 188 Å². The van der Waals surface area contributed by atoms with Gasteiger partial charge in [-0.1, -0.05) is 0 Å². The van der Waals surface area contributed by atoms with Gasteiger partial charge in [0.15, 0.2) is 0 Å². The van der Waals surface area contributed by atoms with Crippen LogP contribution in [-0.4, -0.2) is 10.4 Å². The third-order valence-corrected chi connectivity index (χ3v) is 0. The van der Waals surface area contributed by atoms with E-state index in [1.165, 1.54) is 0 Å². The predicted octanol–water partition coefficient (Wildman–Crippen LogP) is -2.26. The fraction of sp³-hybridized carbons (Fsp3) is 0. The van der Waals surface area contributed by atoms with E-state index < -0.39 is 7.82 Å². The first kappa shape index (κ1) is 24.5. The second kappa shape index (κ2) is 6.99. The van der Waals surface area contributed by atoms with Crippen molar-refractivity contribution in [3.05, 3.63) is 0 Å². The van der Waals surface area contributed by atoms with Crippen LogP contribution in [0.2, 0.25) is 0 Å². The van der Waals surface area contributed by atoms with Crippen molar-refractivity contribution in [3.63, 3.8) is 0 Å². The molecule has 0 heterocycles. The number of rotatable bonds is 0. The van der Waals surface area contributed by atoms with Crippen LogP contribution < -0.4 is 22.1 Å². The molecule has 56 valence electrons. The zero-order valence-corrected chi connectivity index (χ0v) is 5.51. The molecule has 0 fully saturated rings. The number of hydrogen-bond acceptors (Lipinski definition) is 3. The van der Waals surface area contributed by atoms with E-state index in [-0.39, 0.29) is 17.8 Å². The van der Waals surface area contributed by atoms with E-state index in [0.717, 1.165) is 0 Å². The fourth-order valence-corrected chi connectivity index (χ4v) is 0. The average Bonchev–Trinajstić information content (AvgIpc) is 0.722. The van der Waals surface area contributed by atoms with Crippen molar-refractivity contribution in [3.8, 4) is 0 Å². The molecule has 7 nitrogen and oxygen atoms in total. The Morgan fingerprint density at radius 3 is 1.25 bits per heavy atom. The highest BCUT2D eigenvalue weighted by molar-refractivity contribution is 7.42. The summed E-state index contributed by atoms with van der Waals surface area (Å²) in [4.78, 5) is 24.3. The molecule has 0 spiro atoms. The summed E-state index contributed by atoms with van der Waals surface area (Å²) in [6, 6.07) is 0. The summed E-state index contributed by atoms with van der Waals surface area (Å²) in [6.07, 6.45) is 0. The molecule has 0 aromatic heterocycles. The predicted molar refractivity (Wildman–Crippen MR) is 25.4 cm³/mol. The lowest BCUT2D eigenvalue weighted by atomic mass is 14.0. The lowest BCUT2D eigenvalue weighted by molar-refractivity contribution is -0.337. The minimum Gasteiger partial charge on any atom is -0.790 e. The molecule has 0 atom stereocenters. The van der Waals surface area contributed by atoms with Crippen LogP contribution in [0.25, 0.3) is 0 Å². The van der Waals surface area contributed by atoms with Crippen LogP contribution >= 0.6 is 7.82 Å². The van der Waals surface area contributed by atoms with E-state index in [0.29, 0.717) is 0 Å². The summed E-state index contributed by atoms with van der Waals surface area (Å²) >= 11 is 0. The van der Waals surface area contributed by atoms with Crippen LogP contribution in [0.15, 0.2) is 0 Å². The Bertz CT molecular complexity index is 56.6. The van der Waals surface area contributed by atoms with Gasteiger partial charge >= 0.3 is 0 Å². The zero-order chi connectivity index (χ0) is 4.50. The van der Waals surface area contributed by atoms with Gasteiger partial charge in [-0.15, -0.1) is 0 Å². The molecule has 0 saturated carbocycles. The minimum atomic E-state index is -5.14. The standard InChI is InChI=1S/2H3N.H3O4P.H2O/c;;1-5(2,3)4;/h2*1H3;(H3,1,2,3,4);1H2. The molecule has 8 heavy (non-hydrogen) atoms. The van der Waals surface area contributed by atoms with E-state index >= 15 is 0 Å². The maximum atomic E-state index is 8.66. The number of phosphoric acid groups is 1. The van der Waals surface area contributed by atoms with Crippen LogP contribution in [0.5, 0.6) is 0 Å². The van der Waals surface area contributed by atoms with Gasteiger partial charge in [-0.3, -0.25) is 0 Å². The third kappa shape index (κ3) is 1490000. The normalized spacial score (nSPS) is 7.38. The molecule has 0 aromatic carbocycles. The molecule has 0 amide bonds. The molecule has 0 radical (unpaired) electrons. The molecular formula is H11N2O5P. The molecule has 0 unspecified atom stereocenters. The molecule has 11 N–H and O–H groups in total. The van der Waals surface area contributed by atoms with E-state index in [1.807, 2.05) is 0 Å². The first-order valence-corrected chi connectivity index (χ1v) is 2.24. The highest BCUT2D eigenvalue weighted by Gasteiger charge is 1.64. The first-order valence-electron chi connectivity index (χ1n) is 0.748.